The highest BCUT2D eigenvalue weighted by atomic mass is 19.1. The molecule has 0 amide bonds. The maximum absolute atomic E-state index is 14.4. The van der Waals surface area contributed by atoms with Crippen LogP contribution in [0.25, 0.3) is 28.1 Å². The van der Waals surface area contributed by atoms with E-state index in [4.69, 9.17) is 0 Å². The molecule has 1 aliphatic rings. The third-order valence-corrected chi connectivity index (χ3v) is 4.93. The summed E-state index contributed by atoms with van der Waals surface area (Å²) in [4.78, 5) is 30.6. The predicted octanol–water partition coefficient (Wildman–Crippen LogP) is 1.49. The zero-order valence-electron chi connectivity index (χ0n) is 15.2. The number of halogens is 1. The van der Waals surface area contributed by atoms with Crippen LogP contribution in [0, 0.1) is 12.7 Å². The van der Waals surface area contributed by atoms with Crippen molar-refractivity contribution in [2.45, 2.75) is 6.92 Å². The van der Waals surface area contributed by atoms with Gasteiger partial charge in [-0.2, -0.15) is 0 Å². The van der Waals surface area contributed by atoms with Crippen LogP contribution >= 0.6 is 0 Å². The molecular weight excluding hydrogens is 361 g/mol. The Bertz CT molecular complexity index is 1260. The normalized spacial score (nSPS) is 14.9. The summed E-state index contributed by atoms with van der Waals surface area (Å²) in [6, 6.07) is 3.13. The summed E-state index contributed by atoms with van der Waals surface area (Å²) >= 11 is 0. The Labute approximate surface area is 159 Å². The van der Waals surface area contributed by atoms with E-state index in [1.165, 1.54) is 6.07 Å². The quantitative estimate of drug-likeness (QED) is 0.548. The van der Waals surface area contributed by atoms with E-state index in [2.05, 4.69) is 30.2 Å². The number of anilines is 1. The maximum Gasteiger partial charge on any atom is 0.260 e. The van der Waals surface area contributed by atoms with E-state index in [1.807, 2.05) is 6.07 Å². The second-order valence-corrected chi connectivity index (χ2v) is 6.91. The van der Waals surface area contributed by atoms with E-state index >= 15 is 0 Å². The summed E-state index contributed by atoms with van der Waals surface area (Å²) in [5.41, 5.74) is 2.33. The first kappa shape index (κ1) is 16.8. The van der Waals surface area contributed by atoms with E-state index < -0.39 is 5.82 Å². The topological polar surface area (TPSA) is 91.2 Å². The van der Waals surface area contributed by atoms with Crippen LogP contribution in [0.15, 0.2) is 35.5 Å². The van der Waals surface area contributed by atoms with Gasteiger partial charge in [0.2, 0.25) is 0 Å². The number of aromatic nitrogens is 5. The lowest BCUT2D eigenvalue weighted by molar-refractivity contribution is 0.589. The molecule has 1 saturated heterocycles. The molecule has 4 aromatic rings. The van der Waals surface area contributed by atoms with Gasteiger partial charge in [-0.1, -0.05) is 0 Å². The fraction of sp³-hybridized carbons (Fsp3) is 0.263. The first-order valence-corrected chi connectivity index (χ1v) is 9.09. The smallest absolute Gasteiger partial charge is 0.260 e. The van der Waals surface area contributed by atoms with Crippen LogP contribution in [0.3, 0.4) is 0 Å². The number of nitrogens with zero attached hydrogens (tertiary/aromatic N) is 5. The number of nitrogens with one attached hydrogen (secondary N) is 2. The highest BCUT2D eigenvalue weighted by Gasteiger charge is 2.15. The average molecular weight is 379 g/mol. The van der Waals surface area contributed by atoms with Gasteiger partial charge >= 0.3 is 0 Å². The van der Waals surface area contributed by atoms with Crippen LogP contribution in [-0.4, -0.2) is 50.5 Å². The van der Waals surface area contributed by atoms with Crippen molar-refractivity contribution in [3.8, 4) is 11.4 Å². The average Bonchev–Trinajstić information content (AvgIpc) is 3.09. The summed E-state index contributed by atoms with van der Waals surface area (Å²) in [6.45, 7) is 5.31. The van der Waals surface area contributed by atoms with E-state index in [0.717, 1.165) is 31.9 Å². The van der Waals surface area contributed by atoms with Crippen LogP contribution in [0.4, 0.5) is 10.1 Å². The zero-order valence-corrected chi connectivity index (χ0v) is 15.2. The first-order valence-electron chi connectivity index (χ1n) is 9.09. The van der Waals surface area contributed by atoms with Gasteiger partial charge in [0.15, 0.2) is 17.1 Å². The van der Waals surface area contributed by atoms with Crippen molar-refractivity contribution in [3.63, 3.8) is 0 Å². The number of rotatable bonds is 2. The molecule has 2 N–H and O–H groups in total. The SMILES string of the molecule is Cc1cn2cc(-c3nc4ncc(N5CCNCC5)cc4c(=O)[nH]3)cc(F)c2n1. The van der Waals surface area contributed by atoms with Gasteiger partial charge in [0.05, 0.1) is 23.0 Å². The molecule has 0 unspecified atom stereocenters. The molecule has 1 aliphatic heterocycles. The summed E-state index contributed by atoms with van der Waals surface area (Å²) in [5.74, 6) is -0.206. The molecule has 0 radical (unpaired) electrons. The number of hydrogen-bond acceptors (Lipinski definition) is 6. The third kappa shape index (κ3) is 2.80. The molecule has 0 saturated carbocycles. The molecule has 0 atom stereocenters. The van der Waals surface area contributed by atoms with Crippen molar-refractivity contribution in [2.24, 2.45) is 0 Å². The van der Waals surface area contributed by atoms with Gasteiger partial charge in [-0.05, 0) is 19.1 Å². The van der Waals surface area contributed by atoms with E-state index in [1.54, 1.807) is 29.9 Å². The van der Waals surface area contributed by atoms with Crippen LogP contribution in [0.5, 0.6) is 0 Å². The zero-order chi connectivity index (χ0) is 19.3. The molecule has 0 aliphatic carbocycles. The van der Waals surface area contributed by atoms with Crippen LogP contribution < -0.4 is 15.8 Å². The molecule has 0 bridgehead atoms. The Morgan fingerprint density at radius 3 is 2.79 bits per heavy atom. The van der Waals surface area contributed by atoms with E-state index in [9.17, 15) is 9.18 Å². The van der Waals surface area contributed by atoms with Crippen molar-refractivity contribution in [3.05, 3.63) is 52.6 Å². The largest absolute Gasteiger partial charge is 0.368 e. The molecule has 1 fully saturated rings. The molecule has 142 valence electrons. The Morgan fingerprint density at radius 2 is 1.96 bits per heavy atom. The molecule has 4 aromatic heterocycles. The molecular formula is C19H18FN7O. The van der Waals surface area contributed by atoms with Crippen molar-refractivity contribution in [1.82, 2.24) is 29.7 Å². The lowest BCUT2D eigenvalue weighted by Crippen LogP contribution is -2.43. The minimum Gasteiger partial charge on any atom is -0.368 e. The summed E-state index contributed by atoms with van der Waals surface area (Å²) < 4.78 is 16.0. The number of pyridine rings is 2. The van der Waals surface area contributed by atoms with Gasteiger partial charge in [-0.25, -0.2) is 19.3 Å². The molecule has 5 rings (SSSR count). The number of fused-ring (bicyclic) bond motifs is 2. The van der Waals surface area contributed by atoms with Crippen LogP contribution in [0.1, 0.15) is 5.69 Å². The molecule has 9 heteroatoms. The van der Waals surface area contributed by atoms with Crippen LogP contribution in [0.2, 0.25) is 0 Å². The monoisotopic (exact) mass is 379 g/mol. The second-order valence-electron chi connectivity index (χ2n) is 6.91. The fourth-order valence-electron chi connectivity index (χ4n) is 3.55. The Balaban J connectivity index is 1.60. The molecule has 0 spiro atoms. The standard InChI is InChI=1S/C19H18FN7O/c1-11-9-27-10-12(6-15(20)18(27)23-11)16-24-17-14(19(28)25-16)7-13(8-22-17)26-4-2-21-3-5-26/h6-10,21H,2-5H2,1H3,(H,22,24,25,28). The van der Waals surface area contributed by atoms with Gasteiger partial charge in [0.25, 0.3) is 5.56 Å². The number of aromatic amines is 1. The second kappa shape index (κ2) is 6.38. The lowest BCUT2D eigenvalue weighted by atomic mass is 10.2. The van der Waals surface area contributed by atoms with Crippen molar-refractivity contribution in [1.29, 1.82) is 0 Å². The van der Waals surface area contributed by atoms with Crippen molar-refractivity contribution >= 4 is 22.4 Å². The first-order chi connectivity index (χ1) is 13.6. The number of hydrogen-bond donors (Lipinski definition) is 2. The molecule has 8 nitrogen and oxygen atoms in total. The van der Waals surface area contributed by atoms with Crippen molar-refractivity contribution < 1.29 is 4.39 Å². The number of imidazole rings is 1. The molecule has 28 heavy (non-hydrogen) atoms. The summed E-state index contributed by atoms with van der Waals surface area (Å²) in [6.07, 6.45) is 5.14. The minimum absolute atomic E-state index is 0.239. The fourth-order valence-corrected chi connectivity index (χ4v) is 3.55. The van der Waals surface area contributed by atoms with Crippen LogP contribution in [-0.2, 0) is 0 Å². The lowest BCUT2D eigenvalue weighted by Gasteiger charge is -2.29. The third-order valence-electron chi connectivity index (χ3n) is 4.93. The highest BCUT2D eigenvalue weighted by Crippen LogP contribution is 2.22. The summed E-state index contributed by atoms with van der Waals surface area (Å²) in [7, 11) is 0. The van der Waals surface area contributed by atoms with Crippen molar-refractivity contribution in [2.75, 3.05) is 31.1 Å². The Morgan fingerprint density at radius 1 is 1.14 bits per heavy atom. The molecule has 5 heterocycles. The summed E-state index contributed by atoms with van der Waals surface area (Å²) in [5, 5.41) is 3.71. The number of aryl methyl sites for hydroxylation is 1. The highest BCUT2D eigenvalue weighted by molar-refractivity contribution is 5.79. The van der Waals surface area contributed by atoms with E-state index in [0.29, 0.717) is 22.3 Å². The molecule has 0 aromatic carbocycles. The van der Waals surface area contributed by atoms with Gasteiger partial charge in [0, 0.05) is 44.1 Å². The van der Waals surface area contributed by atoms with Gasteiger partial charge in [-0.3, -0.25) is 4.79 Å². The number of H-pyrrole nitrogens is 1. The number of piperazine rings is 1. The predicted molar refractivity (Wildman–Crippen MR) is 104 cm³/mol. The minimum atomic E-state index is -0.477. The van der Waals surface area contributed by atoms with Gasteiger partial charge in [-0.15, -0.1) is 0 Å². The Kier molecular flexibility index (Phi) is 3.83. The van der Waals surface area contributed by atoms with Gasteiger partial charge in [0.1, 0.15) is 5.82 Å². The van der Waals surface area contributed by atoms with Gasteiger partial charge < -0.3 is 19.6 Å². The maximum atomic E-state index is 14.4. The Hall–Kier alpha value is -3.33. The van der Waals surface area contributed by atoms with E-state index in [-0.39, 0.29) is 17.0 Å².